The summed E-state index contributed by atoms with van der Waals surface area (Å²) in [7, 11) is 0. The Morgan fingerprint density at radius 2 is 1.00 bits per heavy atom. The summed E-state index contributed by atoms with van der Waals surface area (Å²) in [6.45, 7) is 2.67. The predicted octanol–water partition coefficient (Wildman–Crippen LogP) is -2.56. The number of carbonyl (C=O) groups is 5. The molecule has 0 saturated carbocycles. The van der Waals surface area contributed by atoms with Crippen LogP contribution < -0.4 is 5.32 Å². The average molecular weight is 490 g/mol. The monoisotopic (exact) mass is 489 g/mol. The number of amides is 1. The van der Waals surface area contributed by atoms with Crippen molar-refractivity contribution >= 4 is 29.8 Å². The zero-order valence-electron chi connectivity index (χ0n) is 19.4. The van der Waals surface area contributed by atoms with Gasteiger partial charge in [0.25, 0.3) is 0 Å². The minimum Gasteiger partial charge on any atom is -0.480 e. The zero-order valence-corrected chi connectivity index (χ0v) is 19.4. The number of carboxylic acids is 4. The maximum absolute atomic E-state index is 12.6. The first-order valence-corrected chi connectivity index (χ1v) is 11.1. The Bertz CT molecular complexity index is 689. The molecule has 1 amide bonds. The Morgan fingerprint density at radius 3 is 1.29 bits per heavy atom. The van der Waals surface area contributed by atoms with E-state index in [1.165, 1.54) is 0 Å². The van der Waals surface area contributed by atoms with E-state index >= 15 is 0 Å². The Labute approximate surface area is 197 Å². The molecule has 34 heavy (non-hydrogen) atoms. The number of nitrogens with zero attached hydrogens (tertiary/aromatic N) is 4. The molecule has 5 N–H and O–H groups in total. The van der Waals surface area contributed by atoms with Crippen molar-refractivity contribution in [3.8, 4) is 0 Å². The van der Waals surface area contributed by atoms with Crippen LogP contribution in [0.3, 0.4) is 0 Å². The molecule has 1 heterocycles. The fraction of sp³-hybridized carbons (Fsp3) is 0.750. The molecule has 0 radical (unpaired) electrons. The van der Waals surface area contributed by atoms with Gasteiger partial charge in [-0.1, -0.05) is 6.92 Å². The second kappa shape index (κ2) is 15.2. The van der Waals surface area contributed by atoms with Gasteiger partial charge in [0, 0.05) is 52.4 Å². The van der Waals surface area contributed by atoms with Crippen LogP contribution in [0.4, 0.5) is 0 Å². The van der Waals surface area contributed by atoms with Gasteiger partial charge in [-0.05, 0) is 6.42 Å². The molecule has 1 saturated heterocycles. The summed E-state index contributed by atoms with van der Waals surface area (Å²) in [5.74, 6) is -4.77. The Hall–Kier alpha value is -2.81. The summed E-state index contributed by atoms with van der Waals surface area (Å²) in [6.07, 6.45) is 0.371. The van der Waals surface area contributed by atoms with Crippen molar-refractivity contribution in [3.63, 3.8) is 0 Å². The van der Waals surface area contributed by atoms with E-state index in [4.69, 9.17) is 5.11 Å². The molecule has 194 valence electrons. The molecule has 0 aliphatic carbocycles. The number of hydrogen-bond acceptors (Lipinski definition) is 9. The molecular formula is C20H35N5O9. The highest BCUT2D eigenvalue weighted by molar-refractivity contribution is 5.85. The summed E-state index contributed by atoms with van der Waals surface area (Å²) >= 11 is 0. The lowest BCUT2D eigenvalue weighted by Crippen LogP contribution is -2.53. The largest absolute Gasteiger partial charge is 0.480 e. The molecule has 14 heteroatoms. The molecule has 1 aliphatic heterocycles. The van der Waals surface area contributed by atoms with Gasteiger partial charge < -0.3 is 25.7 Å². The quantitative estimate of drug-likeness (QED) is 0.204. The third-order valence-corrected chi connectivity index (χ3v) is 5.49. The van der Waals surface area contributed by atoms with Gasteiger partial charge in [0.05, 0.1) is 25.7 Å². The molecule has 0 aromatic carbocycles. The highest BCUT2D eigenvalue weighted by atomic mass is 16.4. The zero-order chi connectivity index (χ0) is 25.7. The standard InChI is InChI=1S/C20H35N5O9/c1-2-15(20(34)21-11-16(26)27)25-9-7-23(13-18(30)31)5-3-22(12-17(28)29)4-6-24(8-10-25)14-19(32)33/h15H,2-14H2,1H3,(H,21,34)(H,26,27)(H,28,29)(H,30,31)(H,32,33). The summed E-state index contributed by atoms with van der Waals surface area (Å²) in [6, 6.07) is -0.677. The van der Waals surface area contributed by atoms with Gasteiger partial charge in [-0.3, -0.25) is 43.6 Å². The molecule has 0 spiro atoms. The number of rotatable bonds is 11. The second-order valence-electron chi connectivity index (χ2n) is 8.08. The third-order valence-electron chi connectivity index (χ3n) is 5.49. The highest BCUT2D eigenvalue weighted by Crippen LogP contribution is 2.08. The SMILES string of the molecule is CCC(C(=O)NCC(=O)O)N1CCN(CC(=O)O)CCN(CC(=O)O)CCN(CC(=O)O)CC1. The van der Waals surface area contributed by atoms with Crippen LogP contribution in [0.2, 0.25) is 0 Å². The van der Waals surface area contributed by atoms with Crippen LogP contribution in [0.15, 0.2) is 0 Å². The van der Waals surface area contributed by atoms with Gasteiger partial charge in [-0.2, -0.15) is 0 Å². The lowest BCUT2D eigenvalue weighted by atomic mass is 10.1. The van der Waals surface area contributed by atoms with Crippen LogP contribution in [-0.4, -0.2) is 154 Å². The lowest BCUT2D eigenvalue weighted by molar-refractivity contribution is -0.141. The van der Waals surface area contributed by atoms with Crippen LogP contribution in [0.5, 0.6) is 0 Å². The number of hydrogen-bond donors (Lipinski definition) is 5. The Balaban J connectivity index is 3.09. The molecule has 1 unspecified atom stereocenters. The normalized spacial score (nSPS) is 18.9. The van der Waals surface area contributed by atoms with E-state index in [1.807, 2.05) is 0 Å². The highest BCUT2D eigenvalue weighted by Gasteiger charge is 2.27. The minimum absolute atomic E-state index is 0.254. The first-order chi connectivity index (χ1) is 16.0. The van der Waals surface area contributed by atoms with Crippen LogP contribution in [0.1, 0.15) is 13.3 Å². The minimum atomic E-state index is -1.18. The van der Waals surface area contributed by atoms with Crippen molar-refractivity contribution in [3.05, 3.63) is 0 Å². The van der Waals surface area contributed by atoms with Crippen molar-refractivity contribution in [2.45, 2.75) is 19.4 Å². The maximum atomic E-state index is 12.6. The number of carbonyl (C=O) groups excluding carboxylic acids is 1. The number of carboxylic acid groups (broad SMARTS) is 4. The molecule has 1 fully saturated rings. The van der Waals surface area contributed by atoms with Gasteiger partial charge in [0.15, 0.2) is 0 Å². The van der Waals surface area contributed by atoms with E-state index in [9.17, 15) is 39.3 Å². The second-order valence-corrected chi connectivity index (χ2v) is 8.08. The van der Waals surface area contributed by atoms with Crippen LogP contribution in [0.25, 0.3) is 0 Å². The molecule has 14 nitrogen and oxygen atoms in total. The van der Waals surface area contributed by atoms with Gasteiger partial charge >= 0.3 is 23.9 Å². The Kier molecular flexibility index (Phi) is 13.0. The summed E-state index contributed by atoms with van der Waals surface area (Å²) < 4.78 is 0. The lowest BCUT2D eigenvalue weighted by Gasteiger charge is -2.35. The van der Waals surface area contributed by atoms with E-state index in [0.29, 0.717) is 6.42 Å². The molecule has 0 aromatic rings. The van der Waals surface area contributed by atoms with Crippen LogP contribution in [0, 0.1) is 0 Å². The molecule has 0 bridgehead atoms. The fourth-order valence-corrected chi connectivity index (χ4v) is 3.80. The van der Waals surface area contributed by atoms with Gasteiger partial charge in [-0.15, -0.1) is 0 Å². The van der Waals surface area contributed by atoms with Gasteiger partial charge in [-0.25, -0.2) is 0 Å². The topological polar surface area (TPSA) is 191 Å². The van der Waals surface area contributed by atoms with E-state index in [2.05, 4.69) is 5.32 Å². The van der Waals surface area contributed by atoms with Crippen LogP contribution in [-0.2, 0) is 24.0 Å². The summed E-state index contributed by atoms with van der Waals surface area (Å²) in [5.41, 5.74) is 0. The van der Waals surface area contributed by atoms with Crippen molar-refractivity contribution in [1.29, 1.82) is 0 Å². The van der Waals surface area contributed by atoms with E-state index < -0.39 is 42.4 Å². The van der Waals surface area contributed by atoms with Gasteiger partial charge in [0.1, 0.15) is 6.54 Å². The summed E-state index contributed by atoms with van der Waals surface area (Å²) in [5, 5.41) is 39.0. The smallest absolute Gasteiger partial charge is 0.322 e. The van der Waals surface area contributed by atoms with E-state index in [0.717, 1.165) is 0 Å². The van der Waals surface area contributed by atoms with Gasteiger partial charge in [0.2, 0.25) is 5.91 Å². The third kappa shape index (κ3) is 11.9. The number of nitrogens with one attached hydrogen (secondary N) is 1. The first-order valence-electron chi connectivity index (χ1n) is 11.1. The Morgan fingerprint density at radius 1 is 0.647 bits per heavy atom. The van der Waals surface area contributed by atoms with Crippen molar-refractivity contribution in [2.24, 2.45) is 0 Å². The van der Waals surface area contributed by atoms with Crippen molar-refractivity contribution < 1.29 is 44.4 Å². The maximum Gasteiger partial charge on any atom is 0.322 e. The van der Waals surface area contributed by atoms with Crippen molar-refractivity contribution in [2.75, 3.05) is 78.5 Å². The fourth-order valence-electron chi connectivity index (χ4n) is 3.80. The van der Waals surface area contributed by atoms with Crippen LogP contribution >= 0.6 is 0 Å². The molecule has 1 rings (SSSR count). The first kappa shape index (κ1) is 29.2. The van der Waals surface area contributed by atoms with E-state index in [1.54, 1.807) is 26.5 Å². The molecule has 1 atom stereocenters. The average Bonchev–Trinajstić information content (AvgIpc) is 2.73. The summed E-state index contributed by atoms with van der Waals surface area (Å²) in [4.78, 5) is 64.1. The number of aliphatic carboxylic acids is 4. The van der Waals surface area contributed by atoms with E-state index in [-0.39, 0.29) is 72.0 Å². The molecule has 0 aromatic heterocycles. The van der Waals surface area contributed by atoms with Crippen molar-refractivity contribution in [1.82, 2.24) is 24.9 Å². The molecule has 1 aliphatic rings. The predicted molar refractivity (Wildman–Crippen MR) is 119 cm³/mol. The molecular weight excluding hydrogens is 454 g/mol.